The van der Waals surface area contributed by atoms with Crippen LogP contribution in [0.25, 0.3) is 0 Å². The van der Waals surface area contributed by atoms with Crippen LogP contribution in [0.5, 0.6) is 0 Å². The molecule has 0 aliphatic carbocycles. The smallest absolute Gasteiger partial charge is 0.219 e. The molecule has 1 amide bonds. The molecule has 0 radical (unpaired) electrons. The maximum Gasteiger partial charge on any atom is 0.219 e. The molecular weight excluding hydrogens is 162 g/mol. The number of hydrogen-bond donors (Lipinski definition) is 1. The van der Waals surface area contributed by atoms with Gasteiger partial charge in [-0.1, -0.05) is 56.9 Å². The van der Waals surface area contributed by atoms with Gasteiger partial charge >= 0.3 is 0 Å². The first-order chi connectivity index (χ1) is 4.37. The zero-order valence-corrected chi connectivity index (χ0v) is 7.64. The van der Waals surface area contributed by atoms with Gasteiger partial charge in [-0.15, -0.1) is 0 Å². The lowest BCUT2D eigenvalue weighted by atomic mass is 10.2. The fraction of sp³-hybridized carbons (Fsp3) is 0.909. The van der Waals surface area contributed by atoms with Crippen molar-refractivity contribution in [2.75, 3.05) is 0 Å². The second-order valence-corrected chi connectivity index (χ2v) is 3.29. The number of hydrogen-bond acceptors (Lipinski definition) is 1. The van der Waals surface area contributed by atoms with Crippen molar-refractivity contribution < 1.29 is 4.79 Å². The third-order valence-electron chi connectivity index (χ3n) is 0.569. The van der Waals surface area contributed by atoms with Gasteiger partial charge in [-0.2, -0.15) is 0 Å². The predicted molar refractivity (Wildman–Crippen MR) is 64.7 cm³/mol. The van der Waals surface area contributed by atoms with Crippen LogP contribution in [-0.2, 0) is 4.79 Å². The first kappa shape index (κ1) is 29.4. The average Bonchev–Trinajstić information content (AvgIpc) is 1.63. The average molecular weight is 193 g/mol. The van der Waals surface area contributed by atoms with Crippen LogP contribution in [0.3, 0.4) is 0 Å². The zero-order chi connectivity index (χ0) is 8.73. The number of carbonyl (C=O) groups is 1. The summed E-state index contributed by atoms with van der Waals surface area (Å²) in [6, 6.07) is 0. The van der Waals surface area contributed by atoms with Crippen molar-refractivity contribution in [3.63, 3.8) is 0 Å². The molecule has 0 spiro atoms. The minimum Gasteiger partial charge on any atom is -0.369 e. The number of amides is 1. The lowest BCUT2D eigenvalue weighted by Gasteiger charge is -1.90. The molecule has 0 atom stereocenters. The highest BCUT2D eigenvalue weighted by Crippen LogP contribution is 1.84. The topological polar surface area (TPSA) is 43.1 Å². The van der Waals surface area contributed by atoms with Gasteiger partial charge in [0.05, 0.1) is 0 Å². The lowest BCUT2D eigenvalue weighted by Crippen LogP contribution is -2.17. The van der Waals surface area contributed by atoms with Gasteiger partial charge in [-0.25, -0.2) is 0 Å². The van der Waals surface area contributed by atoms with E-state index in [-0.39, 0.29) is 34.1 Å². The molecule has 0 saturated heterocycles. The Labute approximate surface area is 85.9 Å². The van der Waals surface area contributed by atoms with Crippen LogP contribution in [0.1, 0.15) is 56.9 Å². The molecule has 0 aromatic heterocycles. The number of primary amides is 1. The summed E-state index contributed by atoms with van der Waals surface area (Å²) in [5.41, 5.74) is 4.80. The van der Waals surface area contributed by atoms with Crippen LogP contribution in [-0.4, -0.2) is 5.91 Å². The molecule has 0 aliphatic heterocycles. The number of carbonyl (C=O) groups excluding carboxylic acids is 1. The maximum atomic E-state index is 9.92. The van der Waals surface area contributed by atoms with Gasteiger partial charge in [0, 0.05) is 5.92 Å². The second-order valence-electron chi connectivity index (χ2n) is 3.29. The van der Waals surface area contributed by atoms with Crippen molar-refractivity contribution in [1.29, 1.82) is 0 Å². The van der Waals surface area contributed by atoms with Crippen LogP contribution in [0.4, 0.5) is 0 Å². The fourth-order valence-corrected chi connectivity index (χ4v) is 0. The molecule has 86 valence electrons. The van der Waals surface area contributed by atoms with E-state index in [4.69, 9.17) is 5.73 Å². The van der Waals surface area contributed by atoms with Crippen LogP contribution in [0.15, 0.2) is 0 Å². The Morgan fingerprint density at radius 3 is 1.00 bits per heavy atom. The minimum absolute atomic E-state index is 0. The Balaban J connectivity index is -0.0000000279. The molecule has 13 heavy (non-hydrogen) atoms. The predicted octanol–water partition coefficient (Wildman–Crippen LogP) is 3.70. The second kappa shape index (κ2) is 17.5. The summed E-state index contributed by atoms with van der Waals surface area (Å²) in [5.74, 6) is 0.583. The Hall–Kier alpha value is -0.530. The molecule has 0 unspecified atom stereocenters. The van der Waals surface area contributed by atoms with E-state index in [0.29, 0.717) is 0 Å². The van der Waals surface area contributed by atoms with Gasteiger partial charge in [0.2, 0.25) is 5.91 Å². The lowest BCUT2D eigenvalue weighted by molar-refractivity contribution is -0.120. The monoisotopic (exact) mass is 193 g/mol. The van der Waals surface area contributed by atoms with Gasteiger partial charge in [0.15, 0.2) is 0 Å². The van der Waals surface area contributed by atoms with Crippen LogP contribution in [0.2, 0.25) is 0 Å². The molecule has 0 heterocycles. The molecule has 2 nitrogen and oxygen atoms in total. The van der Waals surface area contributed by atoms with Crippen molar-refractivity contribution in [1.82, 2.24) is 0 Å². The summed E-state index contributed by atoms with van der Waals surface area (Å²) in [6.45, 7) is 10.0. The first-order valence-corrected chi connectivity index (χ1v) is 3.67. The highest BCUT2D eigenvalue weighted by molar-refractivity contribution is 5.75. The standard InChI is InChI=1S/C4H9NO.C4H10.3CH4/c1-3(2)4(5)6;1-4(2)3;;;/h3H,1-2H3,(H2,5,6);4H,1-3H3;3*1H4. The van der Waals surface area contributed by atoms with Gasteiger partial charge in [-0.05, 0) is 5.92 Å². The number of rotatable bonds is 1. The summed E-state index contributed by atoms with van der Waals surface area (Å²) >= 11 is 0. The molecule has 0 rings (SSSR count). The van der Waals surface area contributed by atoms with Gasteiger partial charge in [0.1, 0.15) is 0 Å². The summed E-state index contributed by atoms with van der Waals surface area (Å²) in [5, 5.41) is 0. The molecule has 2 heteroatoms. The van der Waals surface area contributed by atoms with E-state index in [1.54, 1.807) is 13.8 Å². The number of nitrogens with two attached hydrogens (primary N) is 1. The van der Waals surface area contributed by atoms with E-state index in [2.05, 4.69) is 20.8 Å². The molecular formula is C11H31NO. The van der Waals surface area contributed by atoms with Gasteiger partial charge in [0.25, 0.3) is 0 Å². The SMILES string of the molecule is C.C.C.CC(C)C.CC(C)C(N)=O. The van der Waals surface area contributed by atoms with E-state index < -0.39 is 0 Å². The molecule has 0 aromatic carbocycles. The van der Waals surface area contributed by atoms with E-state index >= 15 is 0 Å². The summed E-state index contributed by atoms with van der Waals surface area (Å²) < 4.78 is 0. The van der Waals surface area contributed by atoms with Crippen LogP contribution >= 0.6 is 0 Å². The fourth-order valence-electron chi connectivity index (χ4n) is 0. The van der Waals surface area contributed by atoms with E-state index in [1.165, 1.54) is 0 Å². The maximum absolute atomic E-state index is 9.92. The largest absolute Gasteiger partial charge is 0.369 e. The van der Waals surface area contributed by atoms with Gasteiger partial charge < -0.3 is 5.73 Å². The van der Waals surface area contributed by atoms with Crippen LogP contribution < -0.4 is 5.73 Å². The molecule has 0 saturated carbocycles. The highest BCUT2D eigenvalue weighted by Gasteiger charge is 1.96. The van der Waals surface area contributed by atoms with E-state index in [1.807, 2.05) is 0 Å². The van der Waals surface area contributed by atoms with Crippen molar-refractivity contribution in [2.45, 2.75) is 56.9 Å². The quantitative estimate of drug-likeness (QED) is 0.678. The van der Waals surface area contributed by atoms with Gasteiger partial charge in [-0.3, -0.25) is 4.79 Å². The van der Waals surface area contributed by atoms with E-state index in [9.17, 15) is 4.79 Å². The van der Waals surface area contributed by atoms with Crippen molar-refractivity contribution in [3.8, 4) is 0 Å². The molecule has 0 aromatic rings. The van der Waals surface area contributed by atoms with Crippen molar-refractivity contribution >= 4 is 5.91 Å². The zero-order valence-electron chi connectivity index (χ0n) is 7.64. The Morgan fingerprint density at radius 2 is 1.00 bits per heavy atom. The van der Waals surface area contributed by atoms with Crippen molar-refractivity contribution in [3.05, 3.63) is 0 Å². The Bertz CT molecular complexity index is 85.3. The summed E-state index contributed by atoms with van der Waals surface area (Å²) in [4.78, 5) is 9.92. The van der Waals surface area contributed by atoms with Crippen molar-refractivity contribution in [2.24, 2.45) is 17.6 Å². The van der Waals surface area contributed by atoms with E-state index in [0.717, 1.165) is 5.92 Å². The summed E-state index contributed by atoms with van der Waals surface area (Å²) in [7, 11) is 0. The Kier molecular flexibility index (Phi) is 39.6. The molecule has 0 bridgehead atoms. The highest BCUT2D eigenvalue weighted by atomic mass is 16.1. The molecule has 0 fully saturated rings. The summed E-state index contributed by atoms with van der Waals surface area (Å²) in [6.07, 6.45) is 0. The normalized spacial score (nSPS) is 7.00. The minimum atomic E-state index is -0.241. The third kappa shape index (κ3) is 85.4. The third-order valence-corrected chi connectivity index (χ3v) is 0.569. The Morgan fingerprint density at radius 1 is 0.923 bits per heavy atom. The molecule has 2 N–H and O–H groups in total. The van der Waals surface area contributed by atoms with Crippen LogP contribution in [0, 0.1) is 11.8 Å². The molecule has 0 aliphatic rings. The first-order valence-electron chi connectivity index (χ1n) is 3.67.